The van der Waals surface area contributed by atoms with Crippen molar-refractivity contribution in [2.45, 2.75) is 46.0 Å². The number of ether oxygens (including phenoxy) is 2. The molecule has 2 rings (SSSR count). The number of rotatable bonds is 8. The fourth-order valence-corrected chi connectivity index (χ4v) is 3.06. The molecule has 1 N–H and O–H groups in total. The molecule has 6 heteroatoms. The van der Waals surface area contributed by atoms with Gasteiger partial charge in [0, 0.05) is 25.6 Å². The first-order valence-electron chi connectivity index (χ1n) is 9.48. The van der Waals surface area contributed by atoms with Crippen molar-refractivity contribution in [1.82, 2.24) is 4.90 Å². The fraction of sp³-hybridized carbons (Fsp3) is 0.600. The number of nitrogens with one attached hydrogen (secondary N) is 1. The van der Waals surface area contributed by atoms with Crippen molar-refractivity contribution in [3.8, 4) is 11.5 Å². The molecule has 1 heterocycles. The van der Waals surface area contributed by atoms with E-state index in [1.165, 1.54) is 0 Å². The molecule has 2 amide bonds. The Balaban J connectivity index is 2.07. The van der Waals surface area contributed by atoms with Crippen LogP contribution in [0.15, 0.2) is 18.2 Å². The number of piperidine rings is 1. The second-order valence-corrected chi connectivity index (χ2v) is 6.59. The Morgan fingerprint density at radius 3 is 2.81 bits per heavy atom. The topological polar surface area (TPSA) is 67.9 Å². The van der Waals surface area contributed by atoms with Crippen LogP contribution in [0.4, 0.5) is 5.69 Å². The molecule has 1 aromatic rings. The minimum atomic E-state index is -0.200. The van der Waals surface area contributed by atoms with Crippen LogP contribution in [0.5, 0.6) is 11.5 Å². The van der Waals surface area contributed by atoms with Crippen LogP contribution in [0.3, 0.4) is 0 Å². The first kappa shape index (κ1) is 20.1. The number of likely N-dealkylation sites (tertiary alicyclic amines) is 1. The number of methoxy groups -OCH3 is 1. The Kier molecular flexibility index (Phi) is 7.75. The lowest BCUT2D eigenvalue weighted by atomic mass is 9.96. The predicted octanol–water partition coefficient (Wildman–Crippen LogP) is 3.46. The summed E-state index contributed by atoms with van der Waals surface area (Å²) in [6.07, 6.45) is 4.11. The van der Waals surface area contributed by atoms with E-state index in [4.69, 9.17) is 9.47 Å². The third kappa shape index (κ3) is 5.38. The second-order valence-electron chi connectivity index (χ2n) is 6.59. The van der Waals surface area contributed by atoms with Crippen LogP contribution in [0.2, 0.25) is 0 Å². The van der Waals surface area contributed by atoms with Crippen molar-refractivity contribution in [1.29, 1.82) is 0 Å². The molecule has 6 nitrogen and oxygen atoms in total. The Bertz CT molecular complexity index is 618. The number of carbonyl (C=O) groups excluding carboxylic acids is 2. The van der Waals surface area contributed by atoms with Gasteiger partial charge in [0.25, 0.3) is 0 Å². The maximum Gasteiger partial charge on any atom is 0.229 e. The summed E-state index contributed by atoms with van der Waals surface area (Å²) in [5.74, 6) is 1.13. The van der Waals surface area contributed by atoms with E-state index < -0.39 is 0 Å². The summed E-state index contributed by atoms with van der Waals surface area (Å²) in [6.45, 7) is 5.78. The van der Waals surface area contributed by atoms with Gasteiger partial charge < -0.3 is 19.7 Å². The number of carbonyl (C=O) groups is 2. The van der Waals surface area contributed by atoms with Gasteiger partial charge in [0.1, 0.15) is 11.5 Å². The van der Waals surface area contributed by atoms with Gasteiger partial charge in [-0.2, -0.15) is 0 Å². The van der Waals surface area contributed by atoms with Crippen LogP contribution >= 0.6 is 0 Å². The van der Waals surface area contributed by atoms with Crippen molar-refractivity contribution in [2.24, 2.45) is 5.92 Å². The minimum Gasteiger partial charge on any atom is -0.497 e. The number of amides is 2. The summed E-state index contributed by atoms with van der Waals surface area (Å²) >= 11 is 0. The predicted molar refractivity (Wildman–Crippen MR) is 102 cm³/mol. The lowest BCUT2D eigenvalue weighted by Crippen LogP contribution is -2.43. The van der Waals surface area contributed by atoms with Gasteiger partial charge in [-0.05, 0) is 31.4 Å². The third-order valence-electron chi connectivity index (χ3n) is 4.65. The number of benzene rings is 1. The lowest BCUT2D eigenvalue weighted by Gasteiger charge is -2.32. The zero-order valence-corrected chi connectivity index (χ0v) is 16.0. The number of hydrogen-bond acceptors (Lipinski definition) is 4. The van der Waals surface area contributed by atoms with Crippen molar-refractivity contribution in [3.05, 3.63) is 18.2 Å². The molecule has 1 aliphatic rings. The summed E-state index contributed by atoms with van der Waals surface area (Å²) in [5, 5.41) is 2.98. The van der Waals surface area contributed by atoms with E-state index in [9.17, 15) is 9.59 Å². The van der Waals surface area contributed by atoms with Crippen LogP contribution in [0.25, 0.3) is 0 Å². The number of anilines is 1. The molecule has 0 bridgehead atoms. The highest BCUT2D eigenvalue weighted by Crippen LogP contribution is 2.30. The fourth-order valence-electron chi connectivity index (χ4n) is 3.06. The summed E-state index contributed by atoms with van der Waals surface area (Å²) in [4.78, 5) is 26.5. The van der Waals surface area contributed by atoms with E-state index in [0.29, 0.717) is 36.8 Å². The van der Waals surface area contributed by atoms with Crippen LogP contribution < -0.4 is 14.8 Å². The van der Waals surface area contributed by atoms with Gasteiger partial charge in [0.15, 0.2) is 0 Å². The third-order valence-corrected chi connectivity index (χ3v) is 4.65. The summed E-state index contributed by atoms with van der Waals surface area (Å²) in [5.41, 5.74) is 0.615. The Morgan fingerprint density at radius 1 is 1.31 bits per heavy atom. The van der Waals surface area contributed by atoms with Crippen molar-refractivity contribution in [2.75, 3.05) is 32.1 Å². The molecule has 0 radical (unpaired) electrons. The molecule has 1 fully saturated rings. The molecule has 144 valence electrons. The van der Waals surface area contributed by atoms with Crippen LogP contribution in [0, 0.1) is 5.92 Å². The molecule has 1 aliphatic heterocycles. The number of hydrogen-bond donors (Lipinski definition) is 1. The molecule has 0 spiro atoms. The van der Waals surface area contributed by atoms with Gasteiger partial charge in [-0.3, -0.25) is 9.59 Å². The van der Waals surface area contributed by atoms with Crippen molar-refractivity contribution in [3.63, 3.8) is 0 Å². The van der Waals surface area contributed by atoms with Gasteiger partial charge in [-0.1, -0.05) is 20.3 Å². The quantitative estimate of drug-likeness (QED) is 0.719. The molecule has 0 saturated carbocycles. The van der Waals surface area contributed by atoms with Crippen molar-refractivity contribution < 1.29 is 19.1 Å². The highest BCUT2D eigenvalue weighted by molar-refractivity contribution is 5.94. The van der Waals surface area contributed by atoms with E-state index in [-0.39, 0.29) is 17.7 Å². The molecule has 1 saturated heterocycles. The smallest absolute Gasteiger partial charge is 0.229 e. The molecular weight excluding hydrogens is 332 g/mol. The van der Waals surface area contributed by atoms with Crippen LogP contribution in [0.1, 0.15) is 46.0 Å². The number of unbranched alkanes of at least 4 members (excludes halogenated alkanes) is 1. The highest BCUT2D eigenvalue weighted by atomic mass is 16.5. The van der Waals surface area contributed by atoms with E-state index in [1.807, 2.05) is 19.1 Å². The Morgan fingerprint density at radius 2 is 2.12 bits per heavy atom. The van der Waals surface area contributed by atoms with Crippen LogP contribution in [-0.2, 0) is 9.59 Å². The SMILES string of the molecule is CCCCOc1ccc(OC)cc1NC(=O)C1CCCN(C(=O)CC)C1. The van der Waals surface area contributed by atoms with Crippen LogP contribution in [-0.4, -0.2) is 43.5 Å². The molecule has 1 atom stereocenters. The largest absolute Gasteiger partial charge is 0.497 e. The highest BCUT2D eigenvalue weighted by Gasteiger charge is 2.28. The molecule has 26 heavy (non-hydrogen) atoms. The maximum absolute atomic E-state index is 12.8. The average Bonchev–Trinajstić information content (AvgIpc) is 2.68. The van der Waals surface area contributed by atoms with E-state index >= 15 is 0 Å². The van der Waals surface area contributed by atoms with E-state index in [1.54, 1.807) is 18.1 Å². The Hall–Kier alpha value is -2.24. The molecule has 1 aromatic carbocycles. The van der Waals surface area contributed by atoms with E-state index in [2.05, 4.69) is 12.2 Å². The maximum atomic E-state index is 12.8. The normalized spacial score (nSPS) is 16.9. The molecular formula is C20H30N2O4. The standard InChI is InChI=1S/C20H30N2O4/c1-4-6-12-26-18-10-9-16(25-3)13-17(18)21-20(24)15-8-7-11-22(14-15)19(23)5-2/h9-10,13,15H,4-8,11-12,14H2,1-3H3,(H,21,24). The zero-order chi connectivity index (χ0) is 18.9. The summed E-state index contributed by atoms with van der Waals surface area (Å²) in [7, 11) is 1.59. The monoisotopic (exact) mass is 362 g/mol. The number of nitrogens with zero attached hydrogens (tertiary/aromatic N) is 1. The van der Waals surface area contributed by atoms with Crippen molar-refractivity contribution >= 4 is 17.5 Å². The van der Waals surface area contributed by atoms with Gasteiger partial charge in [0.05, 0.1) is 25.3 Å². The second kappa shape index (κ2) is 10.0. The van der Waals surface area contributed by atoms with Gasteiger partial charge >= 0.3 is 0 Å². The lowest BCUT2D eigenvalue weighted by molar-refractivity contribution is -0.134. The summed E-state index contributed by atoms with van der Waals surface area (Å²) < 4.78 is 11.1. The first-order chi connectivity index (χ1) is 12.6. The molecule has 0 aromatic heterocycles. The van der Waals surface area contributed by atoms with Gasteiger partial charge in [0.2, 0.25) is 11.8 Å². The van der Waals surface area contributed by atoms with E-state index in [0.717, 1.165) is 32.2 Å². The molecule has 0 aliphatic carbocycles. The average molecular weight is 362 g/mol. The minimum absolute atomic E-state index is 0.0767. The first-order valence-corrected chi connectivity index (χ1v) is 9.48. The zero-order valence-electron chi connectivity index (χ0n) is 16.0. The molecule has 1 unspecified atom stereocenters. The van der Waals surface area contributed by atoms with Gasteiger partial charge in [-0.15, -0.1) is 0 Å². The Labute approximate surface area is 155 Å². The summed E-state index contributed by atoms with van der Waals surface area (Å²) in [6, 6.07) is 5.41. The van der Waals surface area contributed by atoms with Gasteiger partial charge in [-0.25, -0.2) is 0 Å².